The van der Waals surface area contributed by atoms with Crippen LogP contribution in [-0.4, -0.2) is 23.1 Å². The lowest BCUT2D eigenvalue weighted by molar-refractivity contribution is 0.174. The number of allylic oxidation sites excluding steroid dienone is 1. The van der Waals surface area contributed by atoms with Crippen molar-refractivity contribution in [3.8, 4) is 17.4 Å². The molecule has 0 saturated carbocycles. The van der Waals surface area contributed by atoms with Gasteiger partial charge < -0.3 is 19.9 Å². The van der Waals surface area contributed by atoms with Crippen molar-refractivity contribution in [2.75, 3.05) is 12.1 Å². The highest BCUT2D eigenvalue weighted by atomic mass is 32.1. The second-order valence-electron chi connectivity index (χ2n) is 5.77. The lowest BCUT2D eigenvalue weighted by atomic mass is 10.1. The highest BCUT2D eigenvalue weighted by Crippen LogP contribution is 2.39. The van der Waals surface area contributed by atoms with Gasteiger partial charge in [0.15, 0.2) is 16.6 Å². The normalized spacial score (nSPS) is 15.5. The van der Waals surface area contributed by atoms with Crippen molar-refractivity contribution >= 4 is 45.7 Å². The van der Waals surface area contributed by atoms with E-state index in [9.17, 15) is 5.11 Å². The van der Waals surface area contributed by atoms with E-state index in [1.165, 1.54) is 11.3 Å². The van der Waals surface area contributed by atoms with Crippen LogP contribution in [-0.2, 0) is 0 Å². The van der Waals surface area contributed by atoms with Gasteiger partial charge in [-0.25, -0.2) is 0 Å². The minimum Gasteiger partial charge on any atom is -0.492 e. The van der Waals surface area contributed by atoms with E-state index in [-0.39, 0.29) is 12.7 Å². The number of aromatic hydroxyl groups is 1. The van der Waals surface area contributed by atoms with Crippen LogP contribution in [0.25, 0.3) is 11.6 Å². The SMILES string of the molecule is Oc1nc(Nc2ccc3c(c2)OCO3)sc1/C=C1/C=Nc2ccccc21. The van der Waals surface area contributed by atoms with Crippen LogP contribution in [0.5, 0.6) is 17.4 Å². The molecule has 0 bridgehead atoms. The number of aliphatic imine (C=N–C) groups is 1. The number of anilines is 2. The van der Waals surface area contributed by atoms with Crippen LogP contribution in [0.1, 0.15) is 10.4 Å². The van der Waals surface area contributed by atoms with E-state index >= 15 is 0 Å². The molecule has 0 unspecified atom stereocenters. The standard InChI is InChI=1S/C19H13N3O3S/c23-18-17(7-11-9-20-14-4-2-1-3-13(11)14)26-19(22-18)21-12-5-6-15-16(8-12)25-10-24-15/h1-9,23H,10H2,(H,21,22)/b11-7-. The summed E-state index contributed by atoms with van der Waals surface area (Å²) in [7, 11) is 0. The third-order valence-corrected chi connectivity index (χ3v) is 5.01. The topological polar surface area (TPSA) is 76.0 Å². The fourth-order valence-electron chi connectivity index (χ4n) is 2.86. The minimum absolute atomic E-state index is 0.0106. The smallest absolute Gasteiger partial charge is 0.231 e. The van der Waals surface area contributed by atoms with Gasteiger partial charge in [-0.3, -0.25) is 4.99 Å². The largest absolute Gasteiger partial charge is 0.492 e. The van der Waals surface area contributed by atoms with Crippen LogP contribution in [0.4, 0.5) is 16.5 Å². The molecule has 2 aromatic carbocycles. The highest BCUT2D eigenvalue weighted by Gasteiger charge is 2.16. The molecule has 2 N–H and O–H groups in total. The summed E-state index contributed by atoms with van der Waals surface area (Å²) < 4.78 is 10.7. The summed E-state index contributed by atoms with van der Waals surface area (Å²) >= 11 is 1.37. The number of hydrogen-bond donors (Lipinski definition) is 2. The number of para-hydroxylation sites is 1. The van der Waals surface area contributed by atoms with Gasteiger partial charge in [-0.05, 0) is 24.3 Å². The Bertz CT molecular complexity index is 1070. The van der Waals surface area contributed by atoms with E-state index in [2.05, 4.69) is 15.3 Å². The van der Waals surface area contributed by atoms with Gasteiger partial charge >= 0.3 is 0 Å². The summed E-state index contributed by atoms with van der Waals surface area (Å²) in [6, 6.07) is 13.5. The van der Waals surface area contributed by atoms with Crippen LogP contribution in [0.15, 0.2) is 47.5 Å². The molecule has 0 amide bonds. The Morgan fingerprint density at radius 2 is 2.00 bits per heavy atom. The lowest BCUT2D eigenvalue weighted by Gasteiger charge is -2.03. The number of hydrogen-bond acceptors (Lipinski definition) is 7. The Morgan fingerprint density at radius 1 is 1.12 bits per heavy atom. The molecule has 3 heterocycles. The second-order valence-corrected chi connectivity index (χ2v) is 6.81. The van der Waals surface area contributed by atoms with Crippen LogP contribution < -0.4 is 14.8 Å². The molecular weight excluding hydrogens is 350 g/mol. The summed E-state index contributed by atoms with van der Waals surface area (Å²) in [6.07, 6.45) is 3.70. The Labute approximate surface area is 153 Å². The van der Waals surface area contributed by atoms with Crippen LogP contribution in [0.3, 0.4) is 0 Å². The fraction of sp³-hybridized carbons (Fsp3) is 0.0526. The maximum absolute atomic E-state index is 10.2. The van der Waals surface area contributed by atoms with Crippen molar-refractivity contribution in [2.45, 2.75) is 0 Å². The molecule has 1 aromatic heterocycles. The van der Waals surface area contributed by atoms with Crippen molar-refractivity contribution in [1.82, 2.24) is 4.98 Å². The second kappa shape index (κ2) is 5.89. The summed E-state index contributed by atoms with van der Waals surface area (Å²) in [4.78, 5) is 9.25. The molecule has 0 atom stereocenters. The first-order valence-corrected chi connectivity index (χ1v) is 8.79. The van der Waals surface area contributed by atoms with Crippen molar-refractivity contribution in [3.63, 3.8) is 0 Å². The van der Waals surface area contributed by atoms with Gasteiger partial charge in [0.25, 0.3) is 0 Å². The van der Waals surface area contributed by atoms with Crippen molar-refractivity contribution in [3.05, 3.63) is 52.9 Å². The molecule has 2 aliphatic rings. The Morgan fingerprint density at radius 3 is 2.96 bits per heavy atom. The molecule has 0 radical (unpaired) electrons. The van der Waals surface area contributed by atoms with Crippen molar-refractivity contribution in [1.29, 1.82) is 0 Å². The predicted molar refractivity (Wildman–Crippen MR) is 102 cm³/mol. The zero-order valence-corrected chi connectivity index (χ0v) is 14.3. The number of fused-ring (bicyclic) bond motifs is 2. The highest BCUT2D eigenvalue weighted by molar-refractivity contribution is 7.16. The molecule has 0 fully saturated rings. The lowest BCUT2D eigenvalue weighted by Crippen LogP contribution is -1.93. The van der Waals surface area contributed by atoms with Gasteiger partial charge in [0.1, 0.15) is 0 Å². The molecule has 0 aliphatic carbocycles. The first-order valence-electron chi connectivity index (χ1n) is 7.98. The Hall–Kier alpha value is -3.32. The zero-order valence-electron chi connectivity index (χ0n) is 13.5. The van der Waals surface area contributed by atoms with Crippen LogP contribution in [0, 0.1) is 0 Å². The van der Waals surface area contributed by atoms with Gasteiger partial charge in [0.2, 0.25) is 12.7 Å². The molecule has 7 heteroatoms. The predicted octanol–water partition coefficient (Wildman–Crippen LogP) is 4.58. The molecule has 0 saturated heterocycles. The van der Waals surface area contributed by atoms with E-state index in [0.29, 0.717) is 15.8 Å². The third-order valence-electron chi connectivity index (χ3n) is 4.10. The Balaban J connectivity index is 1.42. The molecule has 26 heavy (non-hydrogen) atoms. The number of thiazole rings is 1. The minimum atomic E-state index is -0.0106. The van der Waals surface area contributed by atoms with Gasteiger partial charge in [-0.1, -0.05) is 29.5 Å². The summed E-state index contributed by atoms with van der Waals surface area (Å²) in [5.74, 6) is 1.41. The number of nitrogens with one attached hydrogen (secondary N) is 1. The fourth-order valence-corrected chi connectivity index (χ4v) is 3.70. The van der Waals surface area contributed by atoms with E-state index in [1.807, 2.05) is 48.5 Å². The summed E-state index contributed by atoms with van der Waals surface area (Å²) in [5, 5.41) is 14.0. The number of aromatic nitrogens is 1. The molecule has 128 valence electrons. The average molecular weight is 363 g/mol. The average Bonchev–Trinajstić information content (AvgIpc) is 3.35. The quantitative estimate of drug-likeness (QED) is 0.712. The first-order chi connectivity index (χ1) is 12.8. The van der Waals surface area contributed by atoms with Gasteiger partial charge in [-0.15, -0.1) is 0 Å². The zero-order chi connectivity index (χ0) is 17.5. The van der Waals surface area contributed by atoms with E-state index < -0.39 is 0 Å². The number of nitrogens with zero attached hydrogens (tertiary/aromatic N) is 2. The number of rotatable bonds is 3. The molecule has 3 aromatic rings. The molecule has 2 aliphatic heterocycles. The summed E-state index contributed by atoms with van der Waals surface area (Å²) in [6.45, 7) is 0.234. The molecule has 5 rings (SSSR count). The third kappa shape index (κ3) is 2.58. The number of benzene rings is 2. The van der Waals surface area contributed by atoms with Crippen molar-refractivity contribution in [2.24, 2.45) is 4.99 Å². The summed E-state index contributed by atoms with van der Waals surface area (Å²) in [5.41, 5.74) is 3.75. The number of ether oxygens (including phenoxy) is 2. The maximum Gasteiger partial charge on any atom is 0.231 e. The van der Waals surface area contributed by atoms with Gasteiger partial charge in [0, 0.05) is 29.1 Å². The van der Waals surface area contributed by atoms with E-state index in [0.717, 1.165) is 28.3 Å². The molecule has 0 spiro atoms. The first kappa shape index (κ1) is 15.0. The van der Waals surface area contributed by atoms with Crippen LogP contribution in [0.2, 0.25) is 0 Å². The maximum atomic E-state index is 10.2. The molecular formula is C19H13N3O3S. The van der Waals surface area contributed by atoms with Gasteiger partial charge in [-0.2, -0.15) is 4.98 Å². The van der Waals surface area contributed by atoms with E-state index in [1.54, 1.807) is 6.21 Å². The van der Waals surface area contributed by atoms with E-state index in [4.69, 9.17) is 9.47 Å². The van der Waals surface area contributed by atoms with Crippen molar-refractivity contribution < 1.29 is 14.6 Å². The molecule has 6 nitrogen and oxygen atoms in total. The van der Waals surface area contributed by atoms with Crippen LogP contribution >= 0.6 is 11.3 Å². The Kier molecular flexibility index (Phi) is 3.39. The van der Waals surface area contributed by atoms with Gasteiger partial charge in [0.05, 0.1) is 10.6 Å². The monoisotopic (exact) mass is 363 g/mol.